The van der Waals surface area contributed by atoms with Crippen molar-refractivity contribution in [1.82, 2.24) is 4.98 Å². The number of hydrogen-bond acceptors (Lipinski definition) is 5. The molecule has 1 heterocycles. The number of nitrogens with zero attached hydrogens (tertiary/aromatic N) is 1. The standard InChI is InChI=1S/C16H20N2O5/c1-23-14(19)8-10-2-4-11(5-3-10)13-7-6-12(9-17-13)18-15(20)16(21)22/h6-7,9-11H,2-5,8H2,1H3,(H,18,20)(H,21,22)/t10-,11-. The number of pyridine rings is 1. The molecule has 0 atom stereocenters. The van der Waals surface area contributed by atoms with E-state index in [0.717, 1.165) is 31.4 Å². The lowest BCUT2D eigenvalue weighted by Gasteiger charge is -2.27. The molecule has 1 saturated carbocycles. The SMILES string of the molecule is COC(=O)C[C@H]1CC[C@H](c2ccc(NC(=O)C(=O)O)cn2)CC1. The Morgan fingerprint density at radius 3 is 2.48 bits per heavy atom. The molecule has 2 rings (SSSR count). The number of aromatic nitrogens is 1. The van der Waals surface area contributed by atoms with Crippen LogP contribution in [0.2, 0.25) is 0 Å². The number of esters is 1. The van der Waals surface area contributed by atoms with E-state index >= 15 is 0 Å². The summed E-state index contributed by atoms with van der Waals surface area (Å²) in [5.74, 6) is -2.08. The lowest BCUT2D eigenvalue weighted by molar-refractivity contribution is -0.147. The van der Waals surface area contributed by atoms with E-state index in [1.54, 1.807) is 6.07 Å². The second-order valence-electron chi connectivity index (χ2n) is 5.73. The van der Waals surface area contributed by atoms with Crippen LogP contribution in [-0.4, -0.2) is 35.0 Å². The zero-order valence-corrected chi connectivity index (χ0v) is 12.9. The van der Waals surface area contributed by atoms with Crippen LogP contribution in [0.3, 0.4) is 0 Å². The molecule has 0 unspecified atom stereocenters. The van der Waals surface area contributed by atoms with E-state index in [0.29, 0.717) is 23.9 Å². The highest BCUT2D eigenvalue weighted by Gasteiger charge is 2.25. The lowest BCUT2D eigenvalue weighted by Crippen LogP contribution is -2.22. The number of carbonyl (C=O) groups is 3. The largest absolute Gasteiger partial charge is 0.474 e. The molecular weight excluding hydrogens is 300 g/mol. The molecule has 0 saturated heterocycles. The number of anilines is 1. The van der Waals surface area contributed by atoms with Crippen LogP contribution in [0.15, 0.2) is 18.3 Å². The monoisotopic (exact) mass is 320 g/mol. The predicted molar refractivity (Wildman–Crippen MR) is 81.8 cm³/mol. The smallest absolute Gasteiger partial charge is 0.394 e. The molecule has 124 valence electrons. The van der Waals surface area contributed by atoms with E-state index in [-0.39, 0.29) is 5.97 Å². The third-order valence-corrected chi connectivity index (χ3v) is 4.19. The van der Waals surface area contributed by atoms with Crippen LogP contribution in [0.25, 0.3) is 0 Å². The first-order valence-corrected chi connectivity index (χ1v) is 7.56. The summed E-state index contributed by atoms with van der Waals surface area (Å²) in [4.78, 5) is 37.2. The number of amides is 1. The van der Waals surface area contributed by atoms with Crippen molar-refractivity contribution in [3.8, 4) is 0 Å². The molecule has 0 aromatic carbocycles. The van der Waals surface area contributed by atoms with Crippen LogP contribution in [0.1, 0.15) is 43.7 Å². The Labute approximate surface area is 134 Å². The number of aliphatic carboxylic acids is 1. The first kappa shape index (κ1) is 16.9. The molecule has 0 radical (unpaired) electrons. The quantitative estimate of drug-likeness (QED) is 0.649. The van der Waals surface area contributed by atoms with Crippen LogP contribution in [0.4, 0.5) is 5.69 Å². The number of carboxylic acid groups (broad SMARTS) is 1. The number of ether oxygens (including phenoxy) is 1. The predicted octanol–water partition coefficient (Wildman–Crippen LogP) is 1.94. The highest BCUT2D eigenvalue weighted by atomic mass is 16.5. The molecule has 0 spiro atoms. The van der Waals surface area contributed by atoms with Gasteiger partial charge in [0, 0.05) is 18.0 Å². The van der Waals surface area contributed by atoms with E-state index in [1.807, 2.05) is 6.07 Å². The van der Waals surface area contributed by atoms with Crippen LogP contribution in [0, 0.1) is 5.92 Å². The van der Waals surface area contributed by atoms with Gasteiger partial charge < -0.3 is 15.2 Å². The van der Waals surface area contributed by atoms with Gasteiger partial charge in [0.1, 0.15) is 0 Å². The summed E-state index contributed by atoms with van der Waals surface area (Å²) in [6.45, 7) is 0. The Morgan fingerprint density at radius 2 is 1.96 bits per heavy atom. The molecule has 7 nitrogen and oxygen atoms in total. The van der Waals surface area contributed by atoms with Gasteiger partial charge >= 0.3 is 17.8 Å². The van der Waals surface area contributed by atoms with Gasteiger partial charge in [-0.25, -0.2) is 4.79 Å². The summed E-state index contributed by atoms with van der Waals surface area (Å²) in [6.07, 6.45) is 5.76. The fraction of sp³-hybridized carbons (Fsp3) is 0.500. The molecule has 1 aliphatic carbocycles. The number of carboxylic acids is 1. The Hall–Kier alpha value is -2.44. The molecule has 0 bridgehead atoms. The van der Waals surface area contributed by atoms with Gasteiger partial charge in [0.05, 0.1) is 19.0 Å². The van der Waals surface area contributed by atoms with Crippen LogP contribution >= 0.6 is 0 Å². The normalized spacial score (nSPS) is 20.6. The fourth-order valence-electron chi connectivity index (χ4n) is 2.89. The van der Waals surface area contributed by atoms with Gasteiger partial charge in [0.25, 0.3) is 0 Å². The molecule has 2 N–H and O–H groups in total. The lowest BCUT2D eigenvalue weighted by atomic mass is 9.79. The Morgan fingerprint density at radius 1 is 1.26 bits per heavy atom. The molecule has 1 amide bonds. The van der Waals surface area contributed by atoms with Gasteiger partial charge in [0.2, 0.25) is 0 Å². The van der Waals surface area contributed by atoms with Crippen molar-refractivity contribution in [2.75, 3.05) is 12.4 Å². The average Bonchev–Trinajstić information content (AvgIpc) is 2.56. The molecule has 1 fully saturated rings. The number of hydrogen-bond donors (Lipinski definition) is 2. The maximum Gasteiger partial charge on any atom is 0.394 e. The summed E-state index contributed by atoms with van der Waals surface area (Å²) in [5, 5.41) is 10.8. The van der Waals surface area contributed by atoms with Crippen LogP contribution in [-0.2, 0) is 19.1 Å². The van der Waals surface area contributed by atoms with E-state index in [2.05, 4.69) is 10.3 Å². The summed E-state index contributed by atoms with van der Waals surface area (Å²) < 4.78 is 4.70. The third kappa shape index (κ3) is 4.77. The number of nitrogens with one attached hydrogen (secondary N) is 1. The van der Waals surface area contributed by atoms with Gasteiger partial charge in [-0.3, -0.25) is 14.6 Å². The Bertz CT molecular complexity index is 577. The van der Waals surface area contributed by atoms with Crippen molar-refractivity contribution >= 4 is 23.5 Å². The molecule has 1 aliphatic rings. The van der Waals surface area contributed by atoms with Crippen molar-refractivity contribution < 1.29 is 24.2 Å². The van der Waals surface area contributed by atoms with Crippen LogP contribution < -0.4 is 5.32 Å². The summed E-state index contributed by atoms with van der Waals surface area (Å²) in [7, 11) is 1.41. The zero-order chi connectivity index (χ0) is 16.8. The second-order valence-corrected chi connectivity index (χ2v) is 5.73. The maximum absolute atomic E-state index is 11.3. The van der Waals surface area contributed by atoms with E-state index < -0.39 is 11.9 Å². The van der Waals surface area contributed by atoms with Crippen molar-refractivity contribution in [2.24, 2.45) is 5.92 Å². The molecule has 23 heavy (non-hydrogen) atoms. The zero-order valence-electron chi connectivity index (χ0n) is 12.9. The van der Waals surface area contributed by atoms with Gasteiger partial charge in [0.15, 0.2) is 0 Å². The first-order chi connectivity index (χ1) is 11.0. The Kier molecular flexibility index (Phi) is 5.67. The van der Waals surface area contributed by atoms with Gasteiger partial charge in [-0.15, -0.1) is 0 Å². The summed E-state index contributed by atoms with van der Waals surface area (Å²) in [5.41, 5.74) is 1.29. The van der Waals surface area contributed by atoms with Crippen molar-refractivity contribution in [3.63, 3.8) is 0 Å². The average molecular weight is 320 g/mol. The van der Waals surface area contributed by atoms with Crippen LogP contribution in [0.5, 0.6) is 0 Å². The van der Waals surface area contributed by atoms with Gasteiger partial charge in [-0.2, -0.15) is 0 Å². The number of rotatable bonds is 4. The summed E-state index contributed by atoms with van der Waals surface area (Å²) in [6, 6.07) is 3.46. The number of methoxy groups -OCH3 is 1. The van der Waals surface area contributed by atoms with Crippen molar-refractivity contribution in [1.29, 1.82) is 0 Å². The first-order valence-electron chi connectivity index (χ1n) is 7.56. The van der Waals surface area contributed by atoms with Gasteiger partial charge in [-0.05, 0) is 43.7 Å². The topological polar surface area (TPSA) is 106 Å². The van der Waals surface area contributed by atoms with Crippen molar-refractivity contribution in [3.05, 3.63) is 24.0 Å². The molecule has 7 heteroatoms. The maximum atomic E-state index is 11.3. The molecule has 0 aliphatic heterocycles. The minimum Gasteiger partial charge on any atom is -0.474 e. The number of carbonyl (C=O) groups excluding carboxylic acids is 2. The highest BCUT2D eigenvalue weighted by Crippen LogP contribution is 2.36. The van der Waals surface area contributed by atoms with Gasteiger partial charge in [-0.1, -0.05) is 0 Å². The molecule has 1 aromatic heterocycles. The Balaban J connectivity index is 1.88. The second kappa shape index (κ2) is 7.71. The van der Waals surface area contributed by atoms with E-state index in [4.69, 9.17) is 9.84 Å². The minimum absolute atomic E-state index is 0.162. The fourth-order valence-corrected chi connectivity index (χ4v) is 2.89. The minimum atomic E-state index is -1.53. The summed E-state index contributed by atoms with van der Waals surface area (Å²) >= 11 is 0. The third-order valence-electron chi connectivity index (χ3n) is 4.19. The van der Waals surface area contributed by atoms with E-state index in [9.17, 15) is 14.4 Å². The van der Waals surface area contributed by atoms with E-state index in [1.165, 1.54) is 13.3 Å². The van der Waals surface area contributed by atoms with Crippen molar-refractivity contribution in [2.45, 2.75) is 38.0 Å². The molecule has 1 aromatic rings. The molecular formula is C16H20N2O5. The highest BCUT2D eigenvalue weighted by molar-refractivity contribution is 6.36.